The Hall–Kier alpha value is -1.05. The number of carbonyl (C=O) groups excluding carboxylic acids is 2. The molecule has 0 aliphatic rings. The Morgan fingerprint density at radius 2 is 2.00 bits per heavy atom. The lowest BCUT2D eigenvalue weighted by molar-refractivity contribution is -0.121. The van der Waals surface area contributed by atoms with Crippen LogP contribution in [0.15, 0.2) is 18.6 Å². The summed E-state index contributed by atoms with van der Waals surface area (Å²) in [6.07, 6.45) is 4.34. The smallest absolute Gasteiger partial charge is 0.274 e. The van der Waals surface area contributed by atoms with Gasteiger partial charge in [0, 0.05) is 19.4 Å². The van der Waals surface area contributed by atoms with Gasteiger partial charge in [0.1, 0.15) is 5.69 Å². The predicted octanol–water partition coefficient (Wildman–Crippen LogP) is 1.33. The van der Waals surface area contributed by atoms with Gasteiger partial charge in [-0.05, 0) is 13.8 Å². The van der Waals surface area contributed by atoms with Crippen LogP contribution in [-0.4, -0.2) is 43.6 Å². The molecule has 0 radical (unpaired) electrons. The van der Waals surface area contributed by atoms with Crippen molar-refractivity contribution in [1.29, 1.82) is 0 Å². The molecular formula is C11H14IN3O2. The fourth-order valence-corrected chi connectivity index (χ4v) is 1.81. The number of hydrogen-bond acceptors (Lipinski definition) is 4. The maximum atomic E-state index is 12.0. The van der Waals surface area contributed by atoms with Gasteiger partial charge in [0.2, 0.25) is 0 Å². The molecule has 0 saturated carbocycles. The lowest BCUT2D eigenvalue weighted by atomic mass is 10.1. The topological polar surface area (TPSA) is 63.2 Å². The summed E-state index contributed by atoms with van der Waals surface area (Å²) in [6.45, 7) is 3.52. The minimum atomic E-state index is -0.462. The largest absolute Gasteiger partial charge is 0.331 e. The number of ketones is 1. The van der Waals surface area contributed by atoms with E-state index < -0.39 is 6.04 Å². The number of nitrogens with zero attached hydrogens (tertiary/aromatic N) is 3. The molecule has 6 heteroatoms. The standard InChI is InChI=1S/C11H14IN3O2/c1-7(12)10(16)8(2)15(3)11(17)9-6-13-4-5-14-9/h4-8H,1-3H3/t7?,8-/m0/s1. The SMILES string of the molecule is CC(I)C(=O)[C@H](C)N(C)C(=O)c1cnccn1. The molecule has 0 fully saturated rings. The molecule has 1 aromatic rings. The molecule has 0 N–H and O–H groups in total. The van der Waals surface area contributed by atoms with Crippen molar-refractivity contribution in [2.24, 2.45) is 0 Å². The van der Waals surface area contributed by atoms with Crippen LogP contribution in [0.2, 0.25) is 0 Å². The van der Waals surface area contributed by atoms with E-state index in [9.17, 15) is 9.59 Å². The Morgan fingerprint density at radius 3 is 2.47 bits per heavy atom. The van der Waals surface area contributed by atoms with Crippen molar-refractivity contribution >= 4 is 34.3 Å². The molecule has 92 valence electrons. The highest BCUT2D eigenvalue weighted by Crippen LogP contribution is 2.10. The third-order valence-corrected chi connectivity index (χ3v) is 3.10. The molecule has 0 aromatic carbocycles. The van der Waals surface area contributed by atoms with Crippen LogP contribution in [0.3, 0.4) is 0 Å². The zero-order chi connectivity index (χ0) is 13.0. The first-order valence-electron chi connectivity index (χ1n) is 5.16. The van der Waals surface area contributed by atoms with Gasteiger partial charge in [-0.1, -0.05) is 22.6 Å². The maximum absolute atomic E-state index is 12.0. The van der Waals surface area contributed by atoms with Crippen LogP contribution in [0.5, 0.6) is 0 Å². The average molecular weight is 347 g/mol. The number of amides is 1. The van der Waals surface area contributed by atoms with Gasteiger partial charge >= 0.3 is 0 Å². The van der Waals surface area contributed by atoms with Crippen molar-refractivity contribution in [1.82, 2.24) is 14.9 Å². The summed E-state index contributed by atoms with van der Waals surface area (Å²) in [6, 6.07) is -0.462. The highest BCUT2D eigenvalue weighted by molar-refractivity contribution is 14.1. The van der Waals surface area contributed by atoms with E-state index in [0.29, 0.717) is 0 Å². The van der Waals surface area contributed by atoms with Crippen LogP contribution < -0.4 is 0 Å². The minimum Gasteiger partial charge on any atom is -0.331 e. The number of hydrogen-bond donors (Lipinski definition) is 0. The Kier molecular flexibility index (Phi) is 4.98. The van der Waals surface area contributed by atoms with Crippen molar-refractivity contribution in [3.8, 4) is 0 Å². The molecule has 0 bridgehead atoms. The number of halogens is 1. The number of aromatic nitrogens is 2. The Morgan fingerprint density at radius 1 is 1.35 bits per heavy atom. The van der Waals surface area contributed by atoms with Crippen molar-refractivity contribution in [2.45, 2.75) is 23.8 Å². The van der Waals surface area contributed by atoms with E-state index in [1.165, 1.54) is 23.5 Å². The monoisotopic (exact) mass is 347 g/mol. The van der Waals surface area contributed by atoms with Gasteiger partial charge in [-0.3, -0.25) is 14.6 Å². The number of Topliss-reactive ketones (excluding diaryl/α,β-unsaturated/α-hetero) is 1. The molecule has 1 rings (SSSR count). The molecular weight excluding hydrogens is 333 g/mol. The van der Waals surface area contributed by atoms with Crippen LogP contribution in [0.25, 0.3) is 0 Å². The molecule has 0 aliphatic carbocycles. The van der Waals surface area contributed by atoms with Gasteiger partial charge < -0.3 is 4.90 Å². The molecule has 1 amide bonds. The second kappa shape index (κ2) is 6.04. The highest BCUT2D eigenvalue weighted by Gasteiger charge is 2.26. The van der Waals surface area contributed by atoms with Gasteiger partial charge in [-0.15, -0.1) is 0 Å². The second-order valence-corrected chi connectivity index (χ2v) is 5.57. The zero-order valence-corrected chi connectivity index (χ0v) is 12.1. The molecule has 5 nitrogen and oxygen atoms in total. The van der Waals surface area contributed by atoms with Gasteiger partial charge in [0.15, 0.2) is 5.78 Å². The summed E-state index contributed by atoms with van der Waals surface area (Å²) >= 11 is 2.04. The fraction of sp³-hybridized carbons (Fsp3) is 0.455. The molecule has 1 heterocycles. The molecule has 17 heavy (non-hydrogen) atoms. The first-order chi connectivity index (χ1) is 7.95. The van der Waals surface area contributed by atoms with E-state index in [0.717, 1.165) is 0 Å². The van der Waals surface area contributed by atoms with Crippen molar-refractivity contribution in [2.75, 3.05) is 7.05 Å². The summed E-state index contributed by atoms with van der Waals surface area (Å²) in [5, 5.41) is 0. The molecule has 2 atom stereocenters. The van der Waals surface area contributed by atoms with E-state index >= 15 is 0 Å². The minimum absolute atomic E-state index is 0.0188. The molecule has 1 unspecified atom stereocenters. The molecule has 0 spiro atoms. The quantitative estimate of drug-likeness (QED) is 0.609. The van der Waals surface area contributed by atoms with Crippen molar-refractivity contribution in [3.63, 3.8) is 0 Å². The number of likely N-dealkylation sites (N-methyl/N-ethyl adjacent to an activating group) is 1. The van der Waals surface area contributed by atoms with E-state index in [-0.39, 0.29) is 21.3 Å². The van der Waals surface area contributed by atoms with Crippen LogP contribution in [0.1, 0.15) is 24.3 Å². The van der Waals surface area contributed by atoms with E-state index in [1.807, 2.05) is 22.6 Å². The third kappa shape index (κ3) is 3.45. The van der Waals surface area contributed by atoms with Crippen molar-refractivity contribution in [3.05, 3.63) is 24.3 Å². The summed E-state index contributed by atoms with van der Waals surface area (Å²) in [5.74, 6) is -0.277. The summed E-state index contributed by atoms with van der Waals surface area (Å²) in [5.41, 5.74) is 0.246. The number of carbonyl (C=O) groups is 2. The van der Waals surface area contributed by atoms with Gasteiger partial charge in [-0.25, -0.2) is 4.98 Å². The number of alkyl halides is 1. The van der Waals surface area contributed by atoms with E-state index in [4.69, 9.17) is 0 Å². The molecule has 0 saturated heterocycles. The van der Waals surface area contributed by atoms with Gasteiger partial charge in [0.05, 0.1) is 16.2 Å². The highest BCUT2D eigenvalue weighted by atomic mass is 127. The van der Waals surface area contributed by atoms with E-state index in [2.05, 4.69) is 9.97 Å². The summed E-state index contributed by atoms with van der Waals surface area (Å²) < 4.78 is -0.125. The van der Waals surface area contributed by atoms with Crippen LogP contribution in [0, 0.1) is 0 Å². The van der Waals surface area contributed by atoms with Gasteiger partial charge in [0.25, 0.3) is 5.91 Å². The molecule has 0 aliphatic heterocycles. The Balaban J connectivity index is 2.80. The van der Waals surface area contributed by atoms with Crippen molar-refractivity contribution < 1.29 is 9.59 Å². The van der Waals surface area contributed by atoms with Crippen LogP contribution in [-0.2, 0) is 4.79 Å². The zero-order valence-electron chi connectivity index (χ0n) is 9.92. The van der Waals surface area contributed by atoms with Crippen LogP contribution in [0.4, 0.5) is 0 Å². The first-order valence-corrected chi connectivity index (χ1v) is 6.40. The van der Waals surface area contributed by atoms with Crippen LogP contribution >= 0.6 is 22.6 Å². The lowest BCUT2D eigenvalue weighted by Gasteiger charge is -2.24. The Labute approximate surface area is 114 Å². The fourth-order valence-electron chi connectivity index (χ4n) is 1.29. The average Bonchev–Trinajstić information content (AvgIpc) is 2.36. The summed E-state index contributed by atoms with van der Waals surface area (Å²) in [7, 11) is 1.60. The second-order valence-electron chi connectivity index (χ2n) is 3.70. The molecule has 1 aromatic heterocycles. The first kappa shape index (κ1) is 14.0. The van der Waals surface area contributed by atoms with Gasteiger partial charge in [-0.2, -0.15) is 0 Å². The third-order valence-electron chi connectivity index (χ3n) is 2.49. The van der Waals surface area contributed by atoms with E-state index in [1.54, 1.807) is 20.9 Å². The Bertz CT molecular complexity index is 408. The summed E-state index contributed by atoms with van der Waals surface area (Å²) in [4.78, 5) is 32.9. The predicted molar refractivity (Wildman–Crippen MR) is 72.1 cm³/mol. The maximum Gasteiger partial charge on any atom is 0.274 e. The number of rotatable bonds is 4. The normalized spacial score (nSPS) is 13.9. The lowest BCUT2D eigenvalue weighted by Crippen LogP contribution is -2.43.